The molecule has 43 heavy (non-hydrogen) atoms. The van der Waals surface area contributed by atoms with Crippen LogP contribution in [0.3, 0.4) is 0 Å². The van der Waals surface area contributed by atoms with Crippen LogP contribution in [0.4, 0.5) is 0 Å². The van der Waals surface area contributed by atoms with E-state index in [0.29, 0.717) is 25.7 Å². The Bertz CT molecular complexity index is 1370. The van der Waals surface area contributed by atoms with Crippen molar-refractivity contribution >= 4 is 0 Å². The molecule has 2 bridgehead atoms. The summed E-state index contributed by atoms with van der Waals surface area (Å²) < 4.78 is 34.1. The number of aliphatic hydroxyl groups is 1. The van der Waals surface area contributed by atoms with Crippen molar-refractivity contribution in [2.24, 2.45) is 16.7 Å². The van der Waals surface area contributed by atoms with E-state index in [2.05, 4.69) is 32.9 Å². The molecular formula is C37H44O6. The molecule has 3 aromatic carbocycles. The molecule has 0 radical (unpaired) electrons. The second-order valence-electron chi connectivity index (χ2n) is 13.7. The number of benzene rings is 3. The molecule has 228 valence electrons. The van der Waals surface area contributed by atoms with Crippen LogP contribution in [0.1, 0.15) is 56.7 Å². The van der Waals surface area contributed by atoms with Crippen LogP contribution in [0, 0.1) is 16.7 Å². The third-order valence-electron chi connectivity index (χ3n) is 11.3. The summed E-state index contributed by atoms with van der Waals surface area (Å²) in [6.07, 6.45) is -0.739. The summed E-state index contributed by atoms with van der Waals surface area (Å²) in [5, 5.41) is 12.1. The molecule has 1 N–H and O–H groups in total. The minimum atomic E-state index is -0.979. The van der Waals surface area contributed by atoms with E-state index in [1.807, 2.05) is 78.9 Å². The summed E-state index contributed by atoms with van der Waals surface area (Å²) in [4.78, 5) is 0. The first-order chi connectivity index (χ1) is 20.8. The highest BCUT2D eigenvalue weighted by atomic mass is 16.8. The van der Waals surface area contributed by atoms with Crippen LogP contribution < -0.4 is 0 Å². The lowest BCUT2D eigenvalue weighted by Gasteiger charge is -2.45. The van der Waals surface area contributed by atoms with Crippen molar-refractivity contribution < 1.29 is 28.8 Å². The molecule has 1 spiro atoms. The quantitative estimate of drug-likeness (QED) is 0.312. The number of rotatable bonds is 9. The predicted molar refractivity (Wildman–Crippen MR) is 163 cm³/mol. The monoisotopic (exact) mass is 584 g/mol. The average molecular weight is 585 g/mol. The number of hydrogen-bond acceptors (Lipinski definition) is 6. The lowest BCUT2D eigenvalue weighted by Crippen LogP contribution is -2.64. The highest BCUT2D eigenvalue weighted by Gasteiger charge is 2.76. The Morgan fingerprint density at radius 3 is 1.53 bits per heavy atom. The molecule has 4 fully saturated rings. The fourth-order valence-electron chi connectivity index (χ4n) is 8.29. The maximum absolute atomic E-state index is 12.1. The third kappa shape index (κ3) is 4.97. The topological polar surface area (TPSA) is 66.4 Å². The van der Waals surface area contributed by atoms with Gasteiger partial charge < -0.3 is 28.8 Å². The van der Waals surface area contributed by atoms with E-state index < -0.39 is 42.4 Å². The molecule has 0 unspecified atom stereocenters. The summed E-state index contributed by atoms with van der Waals surface area (Å²) in [5.41, 5.74) is 3.03. The first kappa shape index (κ1) is 29.1. The van der Waals surface area contributed by atoms with Gasteiger partial charge in [-0.2, -0.15) is 0 Å². The van der Waals surface area contributed by atoms with Gasteiger partial charge in [0.1, 0.15) is 36.6 Å². The molecule has 9 atom stereocenters. The molecule has 7 rings (SSSR count). The van der Waals surface area contributed by atoms with Crippen molar-refractivity contribution in [3.8, 4) is 0 Å². The van der Waals surface area contributed by atoms with Gasteiger partial charge in [-0.05, 0) is 40.9 Å². The van der Waals surface area contributed by atoms with Gasteiger partial charge in [0.25, 0.3) is 0 Å². The Kier molecular flexibility index (Phi) is 7.73. The summed E-state index contributed by atoms with van der Waals surface area (Å²) in [7, 11) is 0. The van der Waals surface area contributed by atoms with Crippen LogP contribution in [0.15, 0.2) is 91.0 Å². The van der Waals surface area contributed by atoms with Crippen molar-refractivity contribution in [1.82, 2.24) is 0 Å². The fourth-order valence-corrected chi connectivity index (χ4v) is 8.29. The van der Waals surface area contributed by atoms with E-state index in [9.17, 15) is 5.11 Å². The number of aliphatic hydroxyl groups excluding tert-OH is 1. The van der Waals surface area contributed by atoms with E-state index in [1.165, 1.54) is 6.42 Å². The van der Waals surface area contributed by atoms with E-state index >= 15 is 0 Å². The summed E-state index contributed by atoms with van der Waals surface area (Å²) in [6, 6.07) is 30.2. The van der Waals surface area contributed by atoms with Crippen LogP contribution in [-0.2, 0) is 43.5 Å². The highest BCUT2D eigenvalue weighted by molar-refractivity contribution is 5.21. The molecule has 3 aliphatic carbocycles. The molecule has 3 saturated carbocycles. The van der Waals surface area contributed by atoms with E-state index in [-0.39, 0.29) is 10.8 Å². The summed E-state index contributed by atoms with van der Waals surface area (Å²) >= 11 is 0. The minimum absolute atomic E-state index is 0.0725. The van der Waals surface area contributed by atoms with Crippen LogP contribution >= 0.6 is 0 Å². The molecule has 3 aromatic rings. The fraction of sp³-hybridized carbons (Fsp3) is 0.514. The number of ether oxygens (including phenoxy) is 5. The maximum atomic E-state index is 12.1. The smallest absolute Gasteiger partial charge is 0.175 e. The van der Waals surface area contributed by atoms with E-state index in [1.54, 1.807) is 0 Å². The maximum Gasteiger partial charge on any atom is 0.175 e. The SMILES string of the molecule is CC1(C)[C@H]2CC[C@]1(C)[C@@]1(C2)O[C@@H]2[C@@H](O1)[C@@H](OCc1ccccc1)[C@@H](O)[C@H](OCc1ccccc1)[C@H]2OCc1ccccc1. The number of fused-ring (bicyclic) bond motifs is 4. The van der Waals surface area contributed by atoms with Gasteiger partial charge in [0.15, 0.2) is 5.79 Å². The van der Waals surface area contributed by atoms with Crippen molar-refractivity contribution in [3.63, 3.8) is 0 Å². The Hall–Kier alpha value is -2.58. The largest absolute Gasteiger partial charge is 0.387 e. The number of hydrogen-bond donors (Lipinski definition) is 1. The van der Waals surface area contributed by atoms with Gasteiger partial charge in [0.05, 0.1) is 19.8 Å². The molecule has 1 saturated heterocycles. The van der Waals surface area contributed by atoms with Gasteiger partial charge in [0.2, 0.25) is 0 Å². The van der Waals surface area contributed by atoms with Gasteiger partial charge in [-0.1, -0.05) is 112 Å². The first-order valence-corrected chi connectivity index (χ1v) is 15.8. The second-order valence-corrected chi connectivity index (χ2v) is 13.7. The van der Waals surface area contributed by atoms with Crippen LogP contribution in [0.5, 0.6) is 0 Å². The molecule has 1 heterocycles. The van der Waals surface area contributed by atoms with Gasteiger partial charge in [0, 0.05) is 11.8 Å². The predicted octanol–water partition coefficient (Wildman–Crippen LogP) is 6.44. The lowest BCUT2D eigenvalue weighted by molar-refractivity contribution is -0.259. The average Bonchev–Trinajstić information content (AvgIpc) is 3.57. The van der Waals surface area contributed by atoms with Crippen LogP contribution in [-0.4, -0.2) is 47.5 Å². The molecule has 6 nitrogen and oxygen atoms in total. The summed E-state index contributed by atoms with van der Waals surface area (Å²) in [6.45, 7) is 8.13. The zero-order valence-corrected chi connectivity index (χ0v) is 25.4. The van der Waals surface area contributed by atoms with Crippen LogP contribution in [0.25, 0.3) is 0 Å². The molecule has 1 aliphatic heterocycles. The van der Waals surface area contributed by atoms with Crippen molar-refractivity contribution in [3.05, 3.63) is 108 Å². The van der Waals surface area contributed by atoms with Crippen molar-refractivity contribution in [2.75, 3.05) is 0 Å². The van der Waals surface area contributed by atoms with Gasteiger partial charge >= 0.3 is 0 Å². The Morgan fingerprint density at radius 2 is 1.09 bits per heavy atom. The molecular weight excluding hydrogens is 540 g/mol. The standard InChI is InChI=1S/C37H44O6/c1-35(2)28-19-20-36(35,3)37(21-28)42-33-31(40-23-26-15-9-5-10-16-26)29(38)30(39-22-25-13-7-4-8-14-25)32(34(33)43-37)41-24-27-17-11-6-12-18-27/h4-18,28-34,38H,19-24H2,1-3H3/t28-,29-,30-,31-,32+,33-,34-,36-,37+/m0/s1. The Morgan fingerprint density at radius 1 is 0.651 bits per heavy atom. The third-order valence-corrected chi connectivity index (χ3v) is 11.3. The Labute approximate surface area is 255 Å². The molecule has 0 aromatic heterocycles. The first-order valence-electron chi connectivity index (χ1n) is 15.8. The lowest BCUT2D eigenvalue weighted by atomic mass is 9.68. The second kappa shape index (κ2) is 11.4. The molecule has 6 heteroatoms. The highest BCUT2D eigenvalue weighted by Crippen LogP contribution is 2.73. The normalized spacial score (nSPS) is 37.5. The van der Waals surface area contributed by atoms with Gasteiger partial charge in [-0.3, -0.25) is 0 Å². The summed E-state index contributed by atoms with van der Waals surface area (Å²) in [5.74, 6) is -0.244. The van der Waals surface area contributed by atoms with E-state index in [0.717, 1.165) is 29.5 Å². The molecule has 4 aliphatic rings. The zero-order chi connectivity index (χ0) is 29.7. The molecule has 0 amide bonds. The van der Waals surface area contributed by atoms with Gasteiger partial charge in [-0.25, -0.2) is 0 Å². The van der Waals surface area contributed by atoms with Gasteiger partial charge in [-0.15, -0.1) is 0 Å². The van der Waals surface area contributed by atoms with E-state index in [4.69, 9.17) is 23.7 Å². The van der Waals surface area contributed by atoms with Crippen molar-refractivity contribution in [2.45, 2.75) is 102 Å². The Balaban J connectivity index is 1.23. The minimum Gasteiger partial charge on any atom is -0.387 e. The van der Waals surface area contributed by atoms with Crippen LogP contribution in [0.2, 0.25) is 0 Å². The zero-order valence-electron chi connectivity index (χ0n) is 25.4. The van der Waals surface area contributed by atoms with Crippen molar-refractivity contribution in [1.29, 1.82) is 0 Å².